The Morgan fingerprint density at radius 2 is 1.62 bits per heavy atom. The van der Waals surface area contributed by atoms with Gasteiger partial charge in [-0.15, -0.1) is 0 Å². The number of halogens is 1. The zero-order chi connectivity index (χ0) is 12.3. The molecule has 6 heteroatoms. The molecule has 1 aromatic rings. The van der Waals surface area contributed by atoms with E-state index in [0.29, 0.717) is 5.95 Å². The van der Waals surface area contributed by atoms with Gasteiger partial charge in [0.25, 0.3) is 0 Å². The molecule has 5 nitrogen and oxygen atoms in total. The minimum absolute atomic E-state index is 0.146. The Morgan fingerprint density at radius 3 is 2.06 bits per heavy atom. The molecule has 0 aliphatic heterocycles. The fraction of sp³-hybridized carbons (Fsp3) is 0.700. The molecular weight excluding hydrogens is 228 g/mol. The molecule has 1 rings (SSSR count). The normalized spacial score (nSPS) is 11.0. The lowest BCUT2D eigenvalue weighted by atomic mass is 10.2. The third kappa shape index (κ3) is 2.95. The van der Waals surface area contributed by atoms with Gasteiger partial charge in [0, 0.05) is 12.1 Å². The smallest absolute Gasteiger partial charge is 0.322 e. The lowest BCUT2D eigenvalue weighted by molar-refractivity contribution is 0.377. The minimum atomic E-state index is 0.146. The molecule has 0 fully saturated rings. The summed E-state index contributed by atoms with van der Waals surface area (Å²) in [6.07, 6.45) is 0. The van der Waals surface area contributed by atoms with Crippen LogP contribution in [0.25, 0.3) is 0 Å². The first-order valence-electron chi connectivity index (χ1n) is 5.19. The van der Waals surface area contributed by atoms with Crippen LogP contribution in [-0.4, -0.2) is 34.1 Å². The van der Waals surface area contributed by atoms with E-state index in [2.05, 4.69) is 47.5 Å². The topological polar surface area (TPSA) is 51.1 Å². The van der Waals surface area contributed by atoms with Crippen LogP contribution < -0.4 is 9.64 Å². The maximum Gasteiger partial charge on any atom is 0.322 e. The first-order chi connectivity index (χ1) is 7.45. The monoisotopic (exact) mass is 244 g/mol. The lowest BCUT2D eigenvalue weighted by Crippen LogP contribution is -2.38. The summed E-state index contributed by atoms with van der Waals surface area (Å²) in [5.74, 6) is 0.543. The molecule has 16 heavy (non-hydrogen) atoms. The number of rotatable bonds is 4. The van der Waals surface area contributed by atoms with Crippen molar-refractivity contribution in [3.63, 3.8) is 0 Å². The largest absolute Gasteiger partial charge is 0.467 e. The van der Waals surface area contributed by atoms with Crippen molar-refractivity contribution in [1.29, 1.82) is 0 Å². The summed E-state index contributed by atoms with van der Waals surface area (Å²) in [5, 5.41) is 0.146. The van der Waals surface area contributed by atoms with Crippen LogP contribution in [0.5, 0.6) is 6.01 Å². The molecule has 0 aromatic carbocycles. The van der Waals surface area contributed by atoms with Crippen molar-refractivity contribution >= 4 is 17.5 Å². The second-order valence-electron chi connectivity index (χ2n) is 3.99. The van der Waals surface area contributed by atoms with Gasteiger partial charge in [-0.3, -0.25) is 0 Å². The van der Waals surface area contributed by atoms with Crippen molar-refractivity contribution in [3.05, 3.63) is 5.28 Å². The number of methoxy groups -OCH3 is 1. The SMILES string of the molecule is COc1nc(Cl)nc(N(C(C)C)C(C)C)n1. The van der Waals surface area contributed by atoms with Gasteiger partial charge in [0.2, 0.25) is 11.2 Å². The molecule has 1 aromatic heterocycles. The highest BCUT2D eigenvalue weighted by molar-refractivity contribution is 6.28. The number of aromatic nitrogens is 3. The maximum absolute atomic E-state index is 5.81. The zero-order valence-electron chi connectivity index (χ0n) is 10.2. The molecule has 0 aliphatic rings. The molecule has 0 saturated carbocycles. The van der Waals surface area contributed by atoms with Crippen molar-refractivity contribution in [2.24, 2.45) is 0 Å². The molecule has 0 unspecified atom stereocenters. The van der Waals surface area contributed by atoms with Gasteiger partial charge in [0.15, 0.2) is 0 Å². The summed E-state index contributed by atoms with van der Waals surface area (Å²) < 4.78 is 4.97. The molecule has 0 N–H and O–H groups in total. The van der Waals surface area contributed by atoms with Gasteiger partial charge in [-0.1, -0.05) is 0 Å². The highest BCUT2D eigenvalue weighted by Gasteiger charge is 2.18. The van der Waals surface area contributed by atoms with E-state index < -0.39 is 0 Å². The molecule has 90 valence electrons. The fourth-order valence-corrected chi connectivity index (χ4v) is 1.73. The van der Waals surface area contributed by atoms with Gasteiger partial charge in [-0.05, 0) is 39.3 Å². The minimum Gasteiger partial charge on any atom is -0.467 e. The molecule has 0 aliphatic carbocycles. The molecule has 0 bridgehead atoms. The molecule has 0 radical (unpaired) electrons. The Balaban J connectivity index is 3.13. The van der Waals surface area contributed by atoms with E-state index in [9.17, 15) is 0 Å². The van der Waals surface area contributed by atoms with Crippen LogP contribution in [0.2, 0.25) is 5.28 Å². The quantitative estimate of drug-likeness (QED) is 0.812. The molecule has 0 spiro atoms. The zero-order valence-corrected chi connectivity index (χ0v) is 11.0. The maximum atomic E-state index is 5.81. The second kappa shape index (κ2) is 5.30. The fourth-order valence-electron chi connectivity index (χ4n) is 1.59. The second-order valence-corrected chi connectivity index (χ2v) is 4.32. The number of anilines is 1. The van der Waals surface area contributed by atoms with Gasteiger partial charge in [0.1, 0.15) is 0 Å². The standard InChI is InChI=1S/C10H17ClN4O/c1-6(2)15(7(3)4)9-12-8(11)13-10(14-9)16-5/h6-7H,1-5H3. The average molecular weight is 245 g/mol. The van der Waals surface area contributed by atoms with Gasteiger partial charge >= 0.3 is 6.01 Å². The van der Waals surface area contributed by atoms with Crippen LogP contribution in [-0.2, 0) is 0 Å². The summed E-state index contributed by atoms with van der Waals surface area (Å²) in [6.45, 7) is 8.29. The lowest BCUT2D eigenvalue weighted by Gasteiger charge is -2.30. The summed E-state index contributed by atoms with van der Waals surface area (Å²) in [4.78, 5) is 14.2. The van der Waals surface area contributed by atoms with Gasteiger partial charge in [0.05, 0.1) is 7.11 Å². The number of hydrogen-bond donors (Lipinski definition) is 0. The Kier molecular flexibility index (Phi) is 4.29. The van der Waals surface area contributed by atoms with Crippen LogP contribution in [0.4, 0.5) is 5.95 Å². The Morgan fingerprint density at radius 1 is 1.06 bits per heavy atom. The van der Waals surface area contributed by atoms with Crippen molar-refractivity contribution in [2.75, 3.05) is 12.0 Å². The van der Waals surface area contributed by atoms with Crippen LogP contribution in [0.1, 0.15) is 27.7 Å². The molecule has 0 saturated heterocycles. The van der Waals surface area contributed by atoms with E-state index in [1.165, 1.54) is 7.11 Å². The molecule has 0 atom stereocenters. The molecular formula is C10H17ClN4O. The van der Waals surface area contributed by atoms with Crippen molar-refractivity contribution in [1.82, 2.24) is 15.0 Å². The predicted molar refractivity (Wildman–Crippen MR) is 64.1 cm³/mol. The van der Waals surface area contributed by atoms with E-state index in [1.807, 2.05) is 0 Å². The highest BCUT2D eigenvalue weighted by atomic mass is 35.5. The van der Waals surface area contributed by atoms with E-state index in [0.717, 1.165) is 0 Å². The van der Waals surface area contributed by atoms with Crippen molar-refractivity contribution in [2.45, 2.75) is 39.8 Å². The van der Waals surface area contributed by atoms with E-state index >= 15 is 0 Å². The number of ether oxygens (including phenoxy) is 1. The molecule has 1 heterocycles. The van der Waals surface area contributed by atoms with Crippen LogP contribution in [0.3, 0.4) is 0 Å². The van der Waals surface area contributed by atoms with Gasteiger partial charge < -0.3 is 9.64 Å². The van der Waals surface area contributed by atoms with Crippen LogP contribution >= 0.6 is 11.6 Å². The summed E-state index contributed by atoms with van der Waals surface area (Å²) in [6, 6.07) is 0.799. The van der Waals surface area contributed by atoms with Crippen molar-refractivity contribution in [3.8, 4) is 6.01 Å². The van der Waals surface area contributed by atoms with Crippen molar-refractivity contribution < 1.29 is 4.74 Å². The average Bonchev–Trinajstić information content (AvgIpc) is 2.15. The summed E-state index contributed by atoms with van der Waals surface area (Å²) in [7, 11) is 1.50. The summed E-state index contributed by atoms with van der Waals surface area (Å²) in [5.41, 5.74) is 0. The number of hydrogen-bond acceptors (Lipinski definition) is 5. The Hall–Kier alpha value is -1.10. The Bertz CT molecular complexity index is 349. The van der Waals surface area contributed by atoms with Crippen LogP contribution in [0, 0.1) is 0 Å². The van der Waals surface area contributed by atoms with Crippen LogP contribution in [0.15, 0.2) is 0 Å². The predicted octanol–water partition coefficient (Wildman–Crippen LogP) is 2.16. The molecule has 0 amide bonds. The summed E-state index contributed by atoms with van der Waals surface area (Å²) >= 11 is 5.81. The van der Waals surface area contributed by atoms with E-state index in [-0.39, 0.29) is 23.4 Å². The Labute approximate surface area is 101 Å². The number of nitrogens with zero attached hydrogens (tertiary/aromatic N) is 4. The van der Waals surface area contributed by atoms with E-state index in [4.69, 9.17) is 16.3 Å². The van der Waals surface area contributed by atoms with Gasteiger partial charge in [-0.2, -0.15) is 15.0 Å². The first-order valence-corrected chi connectivity index (χ1v) is 5.57. The third-order valence-electron chi connectivity index (χ3n) is 2.10. The highest BCUT2D eigenvalue weighted by Crippen LogP contribution is 2.19. The first kappa shape index (κ1) is 13.0. The van der Waals surface area contributed by atoms with E-state index in [1.54, 1.807) is 0 Å². The third-order valence-corrected chi connectivity index (χ3v) is 2.27. The van der Waals surface area contributed by atoms with Gasteiger partial charge in [-0.25, -0.2) is 0 Å².